The lowest BCUT2D eigenvalue weighted by molar-refractivity contribution is 0.162. The number of aromatic nitrogens is 4. The molecule has 0 saturated carbocycles. The predicted octanol–water partition coefficient (Wildman–Crippen LogP) is 1.30. The number of rotatable bonds is 2. The topological polar surface area (TPSA) is 127 Å². The molecule has 11 heteroatoms. The number of halogens is 1. The molecule has 0 atom stereocenters. The Morgan fingerprint density at radius 2 is 1.93 bits per heavy atom. The molecule has 0 amide bonds. The third-order valence-electron chi connectivity index (χ3n) is 4.24. The largest absolute Gasteiger partial charge is 0.421 e. The Morgan fingerprint density at radius 3 is 2.67 bits per heavy atom. The molecule has 0 spiro atoms. The molecule has 0 aliphatic heterocycles. The summed E-state index contributed by atoms with van der Waals surface area (Å²) in [5.41, 5.74) is -1.34. The molecule has 0 saturated heterocycles. The number of fused-ring (bicyclic) bond motifs is 2. The molecule has 138 valence electrons. The number of imidazole rings is 1. The third kappa shape index (κ3) is 2.45. The fraction of sp³-hybridized carbons (Fsp3) is 0.0625. The van der Waals surface area contributed by atoms with E-state index in [1.54, 1.807) is 24.0 Å². The molecule has 4 rings (SSSR count). The number of aryl methyl sites for hydroxylation is 1. The Hall–Kier alpha value is -3.11. The van der Waals surface area contributed by atoms with Crippen molar-refractivity contribution in [2.24, 2.45) is 7.05 Å². The highest BCUT2D eigenvalue weighted by Crippen LogP contribution is 2.30. The first kappa shape index (κ1) is 17.3. The second-order valence-corrected chi connectivity index (χ2v) is 8.18. The molecule has 2 heterocycles. The SMILES string of the molecule is Cn1cnc2ccc(S(=O)(=O)c3ccc(Cl)c4c(=O)n(O)c(=O)[nH]c34)cc21. The van der Waals surface area contributed by atoms with Crippen molar-refractivity contribution >= 4 is 43.4 Å². The number of benzene rings is 2. The highest BCUT2D eigenvalue weighted by molar-refractivity contribution is 7.91. The van der Waals surface area contributed by atoms with Gasteiger partial charge in [-0.15, -0.1) is 0 Å². The monoisotopic (exact) mass is 406 g/mol. The van der Waals surface area contributed by atoms with E-state index in [0.29, 0.717) is 11.0 Å². The molecular weight excluding hydrogens is 396 g/mol. The van der Waals surface area contributed by atoms with E-state index in [1.807, 2.05) is 0 Å². The summed E-state index contributed by atoms with van der Waals surface area (Å²) < 4.78 is 27.9. The number of nitrogens with zero attached hydrogens (tertiary/aromatic N) is 3. The number of nitrogens with one attached hydrogen (secondary N) is 1. The normalized spacial score (nSPS) is 12.1. The van der Waals surface area contributed by atoms with Gasteiger partial charge in [-0.1, -0.05) is 16.3 Å². The zero-order valence-electron chi connectivity index (χ0n) is 13.7. The minimum absolute atomic E-state index is 0.0451. The maximum absolute atomic E-state index is 13.2. The van der Waals surface area contributed by atoms with E-state index in [2.05, 4.69) is 9.97 Å². The van der Waals surface area contributed by atoms with Gasteiger partial charge in [0.05, 0.1) is 43.1 Å². The van der Waals surface area contributed by atoms with Crippen LogP contribution in [0, 0.1) is 0 Å². The Morgan fingerprint density at radius 1 is 1.19 bits per heavy atom. The van der Waals surface area contributed by atoms with Crippen molar-refractivity contribution in [3.05, 3.63) is 62.5 Å². The summed E-state index contributed by atoms with van der Waals surface area (Å²) >= 11 is 5.99. The van der Waals surface area contributed by atoms with Gasteiger partial charge < -0.3 is 14.8 Å². The zero-order valence-corrected chi connectivity index (χ0v) is 15.2. The third-order valence-corrected chi connectivity index (χ3v) is 6.35. The van der Waals surface area contributed by atoms with Gasteiger partial charge in [-0.05, 0) is 30.3 Å². The standard InChI is InChI=1S/C16H11ClN4O5S/c1-20-7-18-10-4-2-8(6-11(10)20)27(25,26)12-5-3-9(17)13-14(12)19-16(23)21(24)15(13)22/h2-7,24H,1H3,(H,19,23). The molecule has 0 radical (unpaired) electrons. The van der Waals surface area contributed by atoms with Crippen LogP contribution in [0.4, 0.5) is 0 Å². The first-order valence-electron chi connectivity index (χ1n) is 7.55. The lowest BCUT2D eigenvalue weighted by Crippen LogP contribution is -2.33. The van der Waals surface area contributed by atoms with Gasteiger partial charge in [0.2, 0.25) is 9.84 Å². The van der Waals surface area contributed by atoms with Crippen LogP contribution in [0.5, 0.6) is 0 Å². The van der Waals surface area contributed by atoms with Crippen molar-refractivity contribution in [3.8, 4) is 0 Å². The van der Waals surface area contributed by atoms with Gasteiger partial charge in [0.15, 0.2) is 0 Å². The Bertz CT molecular complexity index is 1470. The molecule has 2 aromatic heterocycles. The molecule has 0 unspecified atom stereocenters. The van der Waals surface area contributed by atoms with Crippen molar-refractivity contribution in [1.29, 1.82) is 0 Å². The van der Waals surface area contributed by atoms with Gasteiger partial charge in [-0.2, -0.15) is 0 Å². The lowest BCUT2D eigenvalue weighted by Gasteiger charge is -2.10. The first-order chi connectivity index (χ1) is 12.7. The Balaban J connectivity index is 2.08. The summed E-state index contributed by atoms with van der Waals surface area (Å²) in [6.07, 6.45) is 1.56. The van der Waals surface area contributed by atoms with Crippen LogP contribution in [0.2, 0.25) is 5.02 Å². The Labute approximate surface area is 156 Å². The molecule has 2 aromatic carbocycles. The van der Waals surface area contributed by atoms with E-state index < -0.39 is 21.1 Å². The van der Waals surface area contributed by atoms with Crippen LogP contribution in [0.1, 0.15) is 0 Å². The van der Waals surface area contributed by atoms with Gasteiger partial charge in [-0.25, -0.2) is 18.2 Å². The summed E-state index contributed by atoms with van der Waals surface area (Å²) in [6, 6.07) is 6.81. The maximum Gasteiger partial charge on any atom is 0.362 e. The van der Waals surface area contributed by atoms with Gasteiger partial charge in [0.1, 0.15) is 0 Å². The van der Waals surface area contributed by atoms with Crippen LogP contribution in [0.3, 0.4) is 0 Å². The van der Waals surface area contributed by atoms with Crippen molar-refractivity contribution in [2.75, 3.05) is 0 Å². The molecular formula is C16H11ClN4O5S. The van der Waals surface area contributed by atoms with Gasteiger partial charge in [0, 0.05) is 7.05 Å². The van der Waals surface area contributed by atoms with Crippen LogP contribution in [-0.2, 0) is 16.9 Å². The number of sulfone groups is 1. The minimum Gasteiger partial charge on any atom is -0.421 e. The van der Waals surface area contributed by atoms with Crippen molar-refractivity contribution in [2.45, 2.75) is 9.79 Å². The molecule has 27 heavy (non-hydrogen) atoms. The second kappa shape index (κ2) is 5.69. The molecule has 0 fully saturated rings. The molecule has 4 aromatic rings. The molecule has 0 aliphatic carbocycles. The highest BCUT2D eigenvalue weighted by atomic mass is 35.5. The van der Waals surface area contributed by atoms with Gasteiger partial charge >= 0.3 is 5.69 Å². The van der Waals surface area contributed by atoms with Crippen LogP contribution in [0.25, 0.3) is 21.9 Å². The van der Waals surface area contributed by atoms with Crippen LogP contribution in [0.15, 0.2) is 56.0 Å². The maximum atomic E-state index is 13.2. The Kier molecular flexibility index (Phi) is 3.65. The lowest BCUT2D eigenvalue weighted by atomic mass is 10.2. The molecule has 0 aliphatic rings. The van der Waals surface area contributed by atoms with Crippen molar-refractivity contribution in [3.63, 3.8) is 0 Å². The summed E-state index contributed by atoms with van der Waals surface area (Å²) in [7, 11) is -2.39. The van der Waals surface area contributed by atoms with E-state index in [9.17, 15) is 23.2 Å². The average molecular weight is 407 g/mol. The molecule has 2 N–H and O–H groups in total. The fourth-order valence-corrected chi connectivity index (χ4v) is 4.55. The average Bonchev–Trinajstić information content (AvgIpc) is 3.00. The summed E-state index contributed by atoms with van der Waals surface area (Å²) in [5, 5.41) is 9.10. The zero-order chi connectivity index (χ0) is 19.5. The summed E-state index contributed by atoms with van der Waals surface area (Å²) in [6.45, 7) is 0. The molecule has 0 bridgehead atoms. The minimum atomic E-state index is -4.11. The fourth-order valence-electron chi connectivity index (χ4n) is 2.87. The number of H-pyrrole nitrogens is 1. The number of hydrogen-bond donors (Lipinski definition) is 2. The number of hydrogen-bond acceptors (Lipinski definition) is 6. The van der Waals surface area contributed by atoms with E-state index in [4.69, 9.17) is 11.6 Å². The van der Waals surface area contributed by atoms with Crippen molar-refractivity contribution in [1.82, 2.24) is 19.3 Å². The van der Waals surface area contributed by atoms with Crippen molar-refractivity contribution < 1.29 is 13.6 Å². The summed E-state index contributed by atoms with van der Waals surface area (Å²) in [4.78, 5) is 29.9. The van der Waals surface area contributed by atoms with E-state index in [0.717, 1.165) is 0 Å². The highest BCUT2D eigenvalue weighted by Gasteiger charge is 2.25. The van der Waals surface area contributed by atoms with Crippen LogP contribution < -0.4 is 11.2 Å². The van der Waals surface area contributed by atoms with Gasteiger partial charge in [0.25, 0.3) is 5.56 Å². The van der Waals surface area contributed by atoms with E-state index in [1.165, 1.54) is 24.3 Å². The van der Waals surface area contributed by atoms with E-state index >= 15 is 0 Å². The quantitative estimate of drug-likeness (QED) is 0.483. The first-order valence-corrected chi connectivity index (χ1v) is 9.41. The second-order valence-electron chi connectivity index (χ2n) is 5.85. The number of aromatic amines is 1. The van der Waals surface area contributed by atoms with E-state index in [-0.39, 0.29) is 30.4 Å². The summed E-state index contributed by atoms with van der Waals surface area (Å²) in [5.74, 6) is 0. The molecule has 9 nitrogen and oxygen atoms in total. The smallest absolute Gasteiger partial charge is 0.362 e. The van der Waals surface area contributed by atoms with Gasteiger partial charge in [-0.3, -0.25) is 4.79 Å². The van der Waals surface area contributed by atoms with Crippen LogP contribution >= 0.6 is 11.6 Å². The van der Waals surface area contributed by atoms with Crippen LogP contribution in [-0.4, -0.2) is 32.9 Å². The predicted molar refractivity (Wildman–Crippen MR) is 97.2 cm³/mol.